The second-order valence-electron chi connectivity index (χ2n) is 9.88. The van der Waals surface area contributed by atoms with Crippen LogP contribution < -0.4 is 10.2 Å². The Morgan fingerprint density at radius 3 is 2.54 bits per heavy atom. The van der Waals surface area contributed by atoms with E-state index in [1.54, 1.807) is 6.33 Å². The van der Waals surface area contributed by atoms with Crippen LogP contribution in [0.15, 0.2) is 30.6 Å². The number of hydrogen-bond acceptors (Lipinski definition) is 8. The van der Waals surface area contributed by atoms with Crippen molar-refractivity contribution in [1.82, 2.24) is 20.2 Å². The van der Waals surface area contributed by atoms with Crippen molar-refractivity contribution in [1.29, 1.82) is 0 Å². The summed E-state index contributed by atoms with van der Waals surface area (Å²) >= 11 is 6.12. The molecule has 2 aromatic rings. The SMILES string of the molecule is C[C@@H]1C[C@H](O)c2ncnc(N3CCN(C(NC4CCOCC4)C(C=O)c4ccc(Cl)cc4)CC3)c21. The zero-order valence-corrected chi connectivity index (χ0v) is 20.9. The summed E-state index contributed by atoms with van der Waals surface area (Å²) in [7, 11) is 0. The maximum Gasteiger partial charge on any atom is 0.135 e. The van der Waals surface area contributed by atoms with E-state index in [0.717, 1.165) is 81.2 Å². The Morgan fingerprint density at radius 2 is 1.86 bits per heavy atom. The van der Waals surface area contributed by atoms with Gasteiger partial charge in [-0.3, -0.25) is 10.2 Å². The van der Waals surface area contributed by atoms with Crippen molar-refractivity contribution in [3.05, 3.63) is 52.4 Å². The number of ether oxygens (including phenoxy) is 1. The van der Waals surface area contributed by atoms with Crippen LogP contribution in [0.3, 0.4) is 0 Å². The van der Waals surface area contributed by atoms with Crippen LogP contribution in [0.2, 0.25) is 5.02 Å². The molecule has 3 heterocycles. The molecule has 3 aliphatic rings. The van der Waals surface area contributed by atoms with Crippen LogP contribution in [0.4, 0.5) is 5.82 Å². The van der Waals surface area contributed by atoms with Gasteiger partial charge in [-0.05, 0) is 42.9 Å². The van der Waals surface area contributed by atoms with Gasteiger partial charge in [-0.25, -0.2) is 9.97 Å². The number of carbonyl (C=O) groups excluding carboxylic acids is 1. The van der Waals surface area contributed by atoms with Crippen LogP contribution in [-0.2, 0) is 9.53 Å². The summed E-state index contributed by atoms with van der Waals surface area (Å²) in [5, 5.41) is 14.9. The number of piperazine rings is 1. The number of fused-ring (bicyclic) bond motifs is 1. The van der Waals surface area contributed by atoms with Crippen LogP contribution in [0.1, 0.15) is 60.9 Å². The number of aliphatic hydroxyl groups is 1. The van der Waals surface area contributed by atoms with Gasteiger partial charge < -0.3 is 19.5 Å². The number of hydrogen-bond donors (Lipinski definition) is 2. The Hall–Kier alpha value is -2.10. The molecule has 2 fully saturated rings. The molecule has 5 rings (SSSR count). The third-order valence-electron chi connectivity index (χ3n) is 7.66. The molecule has 1 aromatic heterocycles. The summed E-state index contributed by atoms with van der Waals surface area (Å²) in [5.74, 6) is 0.874. The van der Waals surface area contributed by atoms with Gasteiger partial charge in [0.05, 0.1) is 23.9 Å². The lowest BCUT2D eigenvalue weighted by molar-refractivity contribution is -0.111. The first-order valence-corrected chi connectivity index (χ1v) is 13.0. The highest BCUT2D eigenvalue weighted by atomic mass is 35.5. The summed E-state index contributed by atoms with van der Waals surface area (Å²) in [6.45, 7) is 6.81. The molecule has 0 spiro atoms. The number of carbonyl (C=O) groups is 1. The summed E-state index contributed by atoms with van der Waals surface area (Å²) in [4.78, 5) is 26.1. The number of anilines is 1. The standard InChI is InChI=1S/C26H34ClN5O3/c1-17-14-22(34)24-23(17)26(29-16-28-24)32-10-8-31(9-11-32)25(30-20-6-12-35-13-7-20)21(15-33)18-2-4-19(27)5-3-18/h2-5,15-17,20-22,25,30,34H,6-14H2,1H3/t17-,21?,22+,25?/m1/s1. The minimum Gasteiger partial charge on any atom is -0.387 e. The Balaban J connectivity index is 1.35. The third-order valence-corrected chi connectivity index (χ3v) is 7.91. The van der Waals surface area contributed by atoms with E-state index >= 15 is 0 Å². The normalized spacial score (nSPS) is 25.3. The number of nitrogens with one attached hydrogen (secondary N) is 1. The number of aromatic nitrogens is 2. The number of aldehydes is 1. The molecule has 0 saturated carbocycles. The zero-order chi connectivity index (χ0) is 24.4. The van der Waals surface area contributed by atoms with Gasteiger partial charge >= 0.3 is 0 Å². The number of halogens is 1. The number of nitrogens with zero attached hydrogens (tertiary/aromatic N) is 4. The molecule has 9 heteroatoms. The monoisotopic (exact) mass is 499 g/mol. The smallest absolute Gasteiger partial charge is 0.135 e. The maximum atomic E-state index is 12.4. The lowest BCUT2D eigenvalue weighted by Gasteiger charge is -2.44. The fourth-order valence-corrected chi connectivity index (χ4v) is 5.85. The molecule has 2 saturated heterocycles. The van der Waals surface area contributed by atoms with E-state index in [9.17, 15) is 9.90 Å². The average molecular weight is 500 g/mol. The van der Waals surface area contributed by atoms with E-state index in [1.165, 1.54) is 0 Å². The highest BCUT2D eigenvalue weighted by Crippen LogP contribution is 2.42. The van der Waals surface area contributed by atoms with Crippen LogP contribution in [0.25, 0.3) is 0 Å². The second-order valence-corrected chi connectivity index (χ2v) is 10.3. The highest BCUT2D eigenvalue weighted by molar-refractivity contribution is 6.30. The Labute approximate surface area is 211 Å². The Bertz CT molecular complexity index is 1010. The first-order valence-electron chi connectivity index (χ1n) is 12.6. The van der Waals surface area contributed by atoms with Crippen LogP contribution in [0, 0.1) is 0 Å². The van der Waals surface area contributed by atoms with Crippen molar-refractivity contribution in [3.8, 4) is 0 Å². The Morgan fingerprint density at radius 1 is 1.14 bits per heavy atom. The van der Waals surface area contributed by atoms with Crippen molar-refractivity contribution in [2.45, 2.75) is 56.3 Å². The summed E-state index contributed by atoms with van der Waals surface area (Å²) in [6, 6.07) is 7.92. The molecule has 4 atom stereocenters. The lowest BCUT2D eigenvalue weighted by Crippen LogP contribution is -2.59. The molecular weight excluding hydrogens is 466 g/mol. The first kappa shape index (κ1) is 24.6. The van der Waals surface area contributed by atoms with Crippen LogP contribution in [0.5, 0.6) is 0 Å². The minimum absolute atomic E-state index is 0.115. The third kappa shape index (κ3) is 5.22. The molecule has 8 nitrogen and oxygen atoms in total. The quantitative estimate of drug-likeness (QED) is 0.562. The topological polar surface area (TPSA) is 90.8 Å². The molecular formula is C26H34ClN5O3. The summed E-state index contributed by atoms with van der Waals surface area (Å²) in [5.41, 5.74) is 2.82. The van der Waals surface area contributed by atoms with Crippen molar-refractivity contribution >= 4 is 23.7 Å². The molecule has 2 N–H and O–H groups in total. The molecule has 2 unspecified atom stereocenters. The van der Waals surface area contributed by atoms with Gasteiger partial charge in [-0.2, -0.15) is 0 Å². The maximum absolute atomic E-state index is 12.4. The minimum atomic E-state index is -0.510. The van der Waals surface area contributed by atoms with Crippen LogP contribution >= 0.6 is 11.6 Å². The van der Waals surface area contributed by atoms with Gasteiger partial charge in [0.15, 0.2) is 0 Å². The van der Waals surface area contributed by atoms with Gasteiger partial charge in [-0.15, -0.1) is 0 Å². The van der Waals surface area contributed by atoms with E-state index in [2.05, 4.69) is 32.0 Å². The van der Waals surface area contributed by atoms with Gasteiger partial charge in [0.1, 0.15) is 18.4 Å². The average Bonchev–Trinajstić information content (AvgIpc) is 3.19. The van der Waals surface area contributed by atoms with E-state index < -0.39 is 6.10 Å². The molecule has 35 heavy (non-hydrogen) atoms. The fourth-order valence-electron chi connectivity index (χ4n) is 5.73. The van der Waals surface area contributed by atoms with Gasteiger partial charge in [-0.1, -0.05) is 30.7 Å². The Kier molecular flexibility index (Phi) is 7.65. The molecule has 1 aromatic carbocycles. The van der Waals surface area contributed by atoms with Gasteiger partial charge in [0.25, 0.3) is 0 Å². The van der Waals surface area contributed by atoms with Gasteiger partial charge in [0, 0.05) is 56.0 Å². The molecule has 188 valence electrons. The summed E-state index contributed by atoms with van der Waals surface area (Å²) < 4.78 is 5.55. The van der Waals surface area contributed by atoms with Gasteiger partial charge in [0.2, 0.25) is 0 Å². The molecule has 1 aliphatic carbocycles. The van der Waals surface area contributed by atoms with E-state index in [-0.39, 0.29) is 18.0 Å². The number of rotatable bonds is 7. The van der Waals surface area contributed by atoms with E-state index in [1.807, 2.05) is 24.3 Å². The lowest BCUT2D eigenvalue weighted by atomic mass is 9.94. The molecule has 0 amide bonds. The molecule has 0 radical (unpaired) electrons. The predicted octanol–water partition coefficient (Wildman–Crippen LogP) is 2.87. The number of benzene rings is 1. The fraction of sp³-hybridized carbons (Fsp3) is 0.577. The molecule has 0 bridgehead atoms. The summed E-state index contributed by atoms with van der Waals surface area (Å²) in [6.07, 6.45) is 4.58. The molecule has 2 aliphatic heterocycles. The highest BCUT2D eigenvalue weighted by Gasteiger charge is 2.36. The van der Waals surface area contributed by atoms with Crippen molar-refractivity contribution < 1.29 is 14.6 Å². The zero-order valence-electron chi connectivity index (χ0n) is 20.1. The predicted molar refractivity (Wildman–Crippen MR) is 135 cm³/mol. The van der Waals surface area contributed by atoms with Crippen LogP contribution in [-0.4, -0.2) is 77.9 Å². The van der Waals surface area contributed by atoms with E-state index in [0.29, 0.717) is 17.5 Å². The second kappa shape index (κ2) is 10.9. The number of aliphatic hydroxyl groups excluding tert-OH is 1. The van der Waals surface area contributed by atoms with Crippen molar-refractivity contribution in [3.63, 3.8) is 0 Å². The van der Waals surface area contributed by atoms with E-state index in [4.69, 9.17) is 16.3 Å². The van der Waals surface area contributed by atoms with Crippen molar-refractivity contribution in [2.24, 2.45) is 0 Å². The first-order chi connectivity index (χ1) is 17.0. The van der Waals surface area contributed by atoms with Crippen molar-refractivity contribution in [2.75, 3.05) is 44.3 Å². The largest absolute Gasteiger partial charge is 0.387 e.